The number of nitrogens with one attached hydrogen (secondary N) is 2. The predicted molar refractivity (Wildman–Crippen MR) is 252 cm³/mol. The number of nitrogens with zero attached hydrogens (tertiary/aromatic N) is 4. The molecular weight excluding hydrogens is 837 g/mol. The number of fused-ring (bicyclic) bond motifs is 2. The molecule has 2 amide bonds. The first-order chi connectivity index (χ1) is 32.1. The molecule has 14 nitrogen and oxygen atoms in total. The van der Waals surface area contributed by atoms with Crippen molar-refractivity contribution in [3.63, 3.8) is 0 Å². The summed E-state index contributed by atoms with van der Waals surface area (Å²) in [6, 6.07) is 44.5. The van der Waals surface area contributed by atoms with E-state index in [4.69, 9.17) is 9.47 Å². The van der Waals surface area contributed by atoms with Crippen molar-refractivity contribution in [3.05, 3.63) is 180 Å². The molecule has 0 saturated heterocycles. The number of anilines is 2. The van der Waals surface area contributed by atoms with E-state index in [1.54, 1.807) is 135 Å². The molecule has 66 heavy (non-hydrogen) atoms. The molecule has 0 heterocycles. The lowest BCUT2D eigenvalue weighted by molar-refractivity contribution is 0.0517. The normalized spacial score (nSPS) is 11.2. The Hall–Kier alpha value is -9.04. The average Bonchev–Trinajstić information content (AvgIpc) is 3.34. The zero-order valence-corrected chi connectivity index (χ0v) is 35.6. The Labute approximate surface area is 377 Å². The number of carbonyl (C=O) groups excluding carboxylic acids is 4. The van der Waals surface area contributed by atoms with Crippen molar-refractivity contribution in [1.82, 2.24) is 0 Å². The number of hydrogen-bond acceptors (Lipinski definition) is 12. The Morgan fingerprint density at radius 3 is 1.20 bits per heavy atom. The topological polar surface area (TPSA) is 201 Å². The van der Waals surface area contributed by atoms with Gasteiger partial charge in [-0.15, -0.1) is 10.2 Å². The molecule has 14 heteroatoms. The van der Waals surface area contributed by atoms with E-state index < -0.39 is 23.8 Å². The van der Waals surface area contributed by atoms with Crippen molar-refractivity contribution in [3.8, 4) is 22.6 Å². The molecule has 0 atom stereocenters. The van der Waals surface area contributed by atoms with E-state index in [0.717, 1.165) is 11.1 Å². The van der Waals surface area contributed by atoms with Gasteiger partial charge in [0.15, 0.2) is 11.5 Å². The van der Waals surface area contributed by atoms with Crippen LogP contribution in [0.25, 0.3) is 32.7 Å². The summed E-state index contributed by atoms with van der Waals surface area (Å²) in [6.45, 7) is 3.96. The van der Waals surface area contributed by atoms with E-state index in [9.17, 15) is 29.4 Å². The van der Waals surface area contributed by atoms with Crippen LogP contribution in [0.2, 0.25) is 0 Å². The molecule has 8 rings (SSSR count). The lowest BCUT2D eigenvalue weighted by Crippen LogP contribution is -2.12. The molecular formula is C52H40N6O8. The second-order valence-corrected chi connectivity index (χ2v) is 14.7. The molecule has 4 N–H and O–H groups in total. The molecule has 8 aromatic carbocycles. The van der Waals surface area contributed by atoms with Crippen molar-refractivity contribution in [2.24, 2.45) is 20.5 Å². The van der Waals surface area contributed by atoms with Gasteiger partial charge in [-0.05, 0) is 121 Å². The van der Waals surface area contributed by atoms with Gasteiger partial charge in [0, 0.05) is 22.1 Å². The van der Waals surface area contributed by atoms with Crippen LogP contribution in [0.15, 0.2) is 178 Å². The van der Waals surface area contributed by atoms with Gasteiger partial charge in [0.2, 0.25) is 0 Å². The quantitative estimate of drug-likeness (QED) is 0.0647. The summed E-state index contributed by atoms with van der Waals surface area (Å²) in [7, 11) is 0. The third-order valence-electron chi connectivity index (χ3n) is 10.4. The summed E-state index contributed by atoms with van der Waals surface area (Å²) in [5, 5.41) is 48.1. The van der Waals surface area contributed by atoms with Crippen LogP contribution >= 0.6 is 0 Å². The van der Waals surface area contributed by atoms with Gasteiger partial charge < -0.3 is 30.3 Å². The summed E-state index contributed by atoms with van der Waals surface area (Å²) in [6.07, 6.45) is 0. The summed E-state index contributed by atoms with van der Waals surface area (Å²) in [5.74, 6) is -2.72. The second-order valence-electron chi connectivity index (χ2n) is 14.7. The van der Waals surface area contributed by atoms with Crippen LogP contribution in [0.5, 0.6) is 11.5 Å². The SMILES string of the molecule is CCOC(=O)c1ccc(N=Nc2c(O)c(C(=O)Nc3ccc(-c4ccc(NC(=O)c5cc6ccccc6c(N=Nc6ccc(C(=O)OCC)cc6)c5O)cc4)cc3)cc3ccccc23)cc1. The smallest absolute Gasteiger partial charge is 0.338 e. The summed E-state index contributed by atoms with van der Waals surface area (Å²) >= 11 is 0. The van der Waals surface area contributed by atoms with E-state index in [-0.39, 0.29) is 47.2 Å². The van der Waals surface area contributed by atoms with E-state index in [1.807, 2.05) is 36.4 Å². The number of phenols is 2. The summed E-state index contributed by atoms with van der Waals surface area (Å²) in [5.41, 5.74) is 4.42. The van der Waals surface area contributed by atoms with Gasteiger partial charge in [-0.2, -0.15) is 10.2 Å². The number of amides is 2. The number of rotatable bonds is 13. The van der Waals surface area contributed by atoms with Crippen LogP contribution in [0, 0.1) is 0 Å². The number of hydrogen-bond donors (Lipinski definition) is 4. The largest absolute Gasteiger partial charge is 0.505 e. The first-order valence-corrected chi connectivity index (χ1v) is 20.8. The van der Waals surface area contributed by atoms with E-state index in [0.29, 0.717) is 55.4 Å². The summed E-state index contributed by atoms with van der Waals surface area (Å²) in [4.78, 5) is 51.3. The van der Waals surface area contributed by atoms with E-state index in [1.165, 1.54) is 0 Å². The predicted octanol–water partition coefficient (Wildman–Crippen LogP) is 12.8. The highest BCUT2D eigenvalue weighted by Gasteiger charge is 2.21. The molecule has 326 valence electrons. The lowest BCUT2D eigenvalue weighted by atomic mass is 10.0. The third kappa shape index (κ3) is 9.62. The molecule has 0 aliphatic carbocycles. The number of carbonyl (C=O) groups is 4. The van der Waals surface area contributed by atoms with E-state index >= 15 is 0 Å². The van der Waals surface area contributed by atoms with Crippen molar-refractivity contribution in [2.45, 2.75) is 13.8 Å². The monoisotopic (exact) mass is 876 g/mol. The first-order valence-electron chi connectivity index (χ1n) is 20.8. The van der Waals surface area contributed by atoms with Crippen molar-refractivity contribution < 1.29 is 38.9 Å². The standard InChI is InChI=1S/C52H40N6O8/c1-3-65-51(63)33-17-25-39(26-18-33)55-57-45-41-11-7-5-9-35(41)29-43(47(45)59)49(61)53-37-21-13-31(14-22-37)32-15-23-38(24-16-32)54-50(62)44-30-36-10-6-8-12-42(36)46(48(44)60)58-56-40-27-19-34(20-28-40)52(64)66-4-2/h5-30,59-60H,3-4H2,1-2H3,(H,53,61)(H,54,62). The number of azo groups is 2. The Morgan fingerprint density at radius 1 is 0.470 bits per heavy atom. The highest BCUT2D eigenvalue weighted by molar-refractivity contribution is 6.13. The fourth-order valence-electron chi connectivity index (χ4n) is 7.05. The van der Waals surface area contributed by atoms with Crippen LogP contribution in [0.1, 0.15) is 55.3 Å². The highest BCUT2D eigenvalue weighted by atomic mass is 16.5. The Kier molecular flexibility index (Phi) is 12.9. The Bertz CT molecular complexity index is 2970. The van der Waals surface area contributed by atoms with Gasteiger partial charge in [0.1, 0.15) is 11.4 Å². The van der Waals surface area contributed by atoms with Crippen LogP contribution in [-0.4, -0.2) is 47.2 Å². The molecule has 0 spiro atoms. The van der Waals surface area contributed by atoms with Gasteiger partial charge in [-0.1, -0.05) is 72.8 Å². The minimum Gasteiger partial charge on any atom is -0.505 e. The molecule has 0 aliphatic rings. The van der Waals surface area contributed by atoms with Crippen molar-refractivity contribution in [2.75, 3.05) is 23.8 Å². The number of benzene rings is 8. The molecule has 0 radical (unpaired) electrons. The number of esters is 2. The Balaban J connectivity index is 0.948. The van der Waals surface area contributed by atoms with Gasteiger partial charge in [-0.3, -0.25) is 9.59 Å². The van der Waals surface area contributed by atoms with Crippen LogP contribution in [0.4, 0.5) is 34.1 Å². The van der Waals surface area contributed by atoms with Gasteiger partial charge in [0.05, 0.1) is 46.8 Å². The molecule has 0 saturated carbocycles. The Morgan fingerprint density at radius 2 is 0.833 bits per heavy atom. The minimum atomic E-state index is -0.559. The molecule has 0 unspecified atom stereocenters. The first kappa shape index (κ1) is 43.6. The maximum Gasteiger partial charge on any atom is 0.338 e. The highest BCUT2D eigenvalue weighted by Crippen LogP contribution is 2.41. The average molecular weight is 877 g/mol. The molecule has 8 aromatic rings. The molecule has 0 aromatic heterocycles. The summed E-state index contributed by atoms with van der Waals surface area (Å²) < 4.78 is 10.1. The maximum atomic E-state index is 13.6. The number of phenolic OH excluding ortho intramolecular Hbond substituents is 2. The van der Waals surface area contributed by atoms with Crippen LogP contribution in [0.3, 0.4) is 0 Å². The third-order valence-corrected chi connectivity index (χ3v) is 10.4. The molecule has 0 fully saturated rings. The maximum absolute atomic E-state index is 13.6. The minimum absolute atomic E-state index is 0.00102. The molecule has 0 aliphatic heterocycles. The molecule has 0 bridgehead atoms. The second kappa shape index (κ2) is 19.6. The van der Waals surface area contributed by atoms with Gasteiger partial charge >= 0.3 is 11.9 Å². The van der Waals surface area contributed by atoms with Crippen molar-refractivity contribution >= 4 is 79.4 Å². The lowest BCUT2D eigenvalue weighted by Gasteiger charge is -2.12. The van der Waals surface area contributed by atoms with Gasteiger partial charge in [-0.25, -0.2) is 9.59 Å². The van der Waals surface area contributed by atoms with Crippen LogP contribution < -0.4 is 10.6 Å². The fourth-order valence-corrected chi connectivity index (χ4v) is 7.05. The van der Waals surface area contributed by atoms with Gasteiger partial charge in [0.25, 0.3) is 11.8 Å². The van der Waals surface area contributed by atoms with Crippen LogP contribution in [-0.2, 0) is 9.47 Å². The van der Waals surface area contributed by atoms with E-state index in [2.05, 4.69) is 31.1 Å². The zero-order valence-electron chi connectivity index (χ0n) is 35.6. The zero-order chi connectivity index (χ0) is 46.2. The number of aromatic hydroxyl groups is 2. The fraction of sp³-hybridized carbons (Fsp3) is 0.0769. The van der Waals surface area contributed by atoms with Crippen molar-refractivity contribution in [1.29, 1.82) is 0 Å². The number of ether oxygens (including phenoxy) is 2.